The van der Waals surface area contributed by atoms with Crippen LogP contribution in [0.3, 0.4) is 0 Å². The van der Waals surface area contributed by atoms with Gasteiger partial charge in [0.25, 0.3) is 0 Å². The molecule has 1 aliphatic rings. The standard InChI is InChI=1S/C18H12N4O/c19-11-12-1-4-15(5-2-12)22-17(7-8-20-22)13-3-6-16-14(9-13)10-18(23)21-16/h1-9H,10H2,(H,21,23). The second-order valence-corrected chi connectivity index (χ2v) is 5.38. The van der Waals surface area contributed by atoms with Crippen molar-refractivity contribution in [3.05, 3.63) is 65.9 Å². The van der Waals surface area contributed by atoms with E-state index in [2.05, 4.69) is 16.5 Å². The molecule has 0 saturated carbocycles. The maximum absolute atomic E-state index is 11.5. The molecule has 1 amide bonds. The number of anilines is 1. The number of fused-ring (bicyclic) bond motifs is 1. The number of carbonyl (C=O) groups is 1. The minimum atomic E-state index is 0.0257. The number of nitrogens with zero attached hydrogens (tertiary/aromatic N) is 3. The largest absolute Gasteiger partial charge is 0.326 e. The first-order valence-electron chi connectivity index (χ1n) is 7.22. The number of nitrogens with one attached hydrogen (secondary N) is 1. The van der Waals surface area contributed by atoms with Gasteiger partial charge in [0, 0.05) is 11.3 Å². The summed E-state index contributed by atoms with van der Waals surface area (Å²) in [5, 5.41) is 16.1. The lowest BCUT2D eigenvalue weighted by Gasteiger charge is -2.09. The number of hydrogen-bond donors (Lipinski definition) is 1. The molecule has 0 bridgehead atoms. The molecule has 2 aromatic carbocycles. The minimum absolute atomic E-state index is 0.0257. The van der Waals surface area contributed by atoms with Crippen molar-refractivity contribution >= 4 is 11.6 Å². The summed E-state index contributed by atoms with van der Waals surface area (Å²) in [5.74, 6) is 0.0257. The molecule has 4 rings (SSSR count). The molecule has 5 nitrogen and oxygen atoms in total. The lowest BCUT2D eigenvalue weighted by molar-refractivity contribution is -0.115. The van der Waals surface area contributed by atoms with Crippen molar-refractivity contribution in [2.24, 2.45) is 0 Å². The van der Waals surface area contributed by atoms with Crippen molar-refractivity contribution in [2.45, 2.75) is 6.42 Å². The summed E-state index contributed by atoms with van der Waals surface area (Å²) in [6, 6.07) is 17.2. The summed E-state index contributed by atoms with van der Waals surface area (Å²) in [6.45, 7) is 0. The molecule has 0 radical (unpaired) electrons. The van der Waals surface area contributed by atoms with Gasteiger partial charge in [0.15, 0.2) is 0 Å². The highest BCUT2D eigenvalue weighted by atomic mass is 16.1. The van der Waals surface area contributed by atoms with Crippen LogP contribution in [0.25, 0.3) is 16.9 Å². The third-order valence-corrected chi connectivity index (χ3v) is 3.91. The van der Waals surface area contributed by atoms with E-state index in [0.717, 1.165) is 28.2 Å². The van der Waals surface area contributed by atoms with Gasteiger partial charge in [0.2, 0.25) is 5.91 Å². The zero-order chi connectivity index (χ0) is 15.8. The Hall–Kier alpha value is -3.39. The van der Waals surface area contributed by atoms with Crippen molar-refractivity contribution in [3.8, 4) is 23.0 Å². The van der Waals surface area contributed by atoms with Crippen LogP contribution in [0.15, 0.2) is 54.7 Å². The zero-order valence-electron chi connectivity index (χ0n) is 12.2. The third-order valence-electron chi connectivity index (χ3n) is 3.91. The highest BCUT2D eigenvalue weighted by molar-refractivity contribution is 5.99. The predicted octanol–water partition coefficient (Wildman–Crippen LogP) is 2.91. The fourth-order valence-corrected chi connectivity index (χ4v) is 2.79. The molecule has 110 valence electrons. The Bertz CT molecular complexity index is 948. The van der Waals surface area contributed by atoms with E-state index in [1.165, 1.54) is 0 Å². The monoisotopic (exact) mass is 300 g/mol. The smallest absolute Gasteiger partial charge is 0.228 e. The summed E-state index contributed by atoms with van der Waals surface area (Å²) in [6.07, 6.45) is 2.15. The first kappa shape index (κ1) is 13.3. The molecule has 2 heterocycles. The van der Waals surface area contributed by atoms with Gasteiger partial charge in [-0.25, -0.2) is 4.68 Å². The Morgan fingerprint density at radius 2 is 1.96 bits per heavy atom. The van der Waals surface area contributed by atoms with Crippen molar-refractivity contribution in [3.63, 3.8) is 0 Å². The quantitative estimate of drug-likeness (QED) is 0.791. The van der Waals surface area contributed by atoms with E-state index in [4.69, 9.17) is 5.26 Å². The van der Waals surface area contributed by atoms with Gasteiger partial charge >= 0.3 is 0 Å². The summed E-state index contributed by atoms with van der Waals surface area (Å²) in [7, 11) is 0. The number of benzene rings is 2. The van der Waals surface area contributed by atoms with Crippen molar-refractivity contribution < 1.29 is 4.79 Å². The van der Waals surface area contributed by atoms with Gasteiger partial charge in [0.05, 0.1) is 35.6 Å². The van der Waals surface area contributed by atoms with Crippen LogP contribution in [0, 0.1) is 11.3 Å². The summed E-state index contributed by atoms with van der Waals surface area (Å²) in [4.78, 5) is 11.5. The minimum Gasteiger partial charge on any atom is -0.326 e. The number of aromatic nitrogens is 2. The molecule has 0 saturated heterocycles. The van der Waals surface area contributed by atoms with Gasteiger partial charge in [0.1, 0.15) is 0 Å². The molecule has 23 heavy (non-hydrogen) atoms. The van der Waals surface area contributed by atoms with E-state index in [0.29, 0.717) is 12.0 Å². The zero-order valence-corrected chi connectivity index (χ0v) is 12.2. The number of carbonyl (C=O) groups excluding carboxylic acids is 1. The highest BCUT2D eigenvalue weighted by Gasteiger charge is 2.18. The van der Waals surface area contributed by atoms with Crippen LogP contribution in [0.1, 0.15) is 11.1 Å². The molecular formula is C18H12N4O. The summed E-state index contributed by atoms with van der Waals surface area (Å²) >= 11 is 0. The SMILES string of the molecule is N#Cc1ccc(-n2nccc2-c2ccc3c(c2)CC(=O)N3)cc1. The molecule has 0 atom stereocenters. The van der Waals surface area contributed by atoms with Crippen LogP contribution in [-0.4, -0.2) is 15.7 Å². The predicted molar refractivity (Wildman–Crippen MR) is 86.0 cm³/mol. The van der Waals surface area contributed by atoms with Gasteiger partial charge in [-0.3, -0.25) is 4.79 Å². The van der Waals surface area contributed by atoms with Crippen LogP contribution in [0.4, 0.5) is 5.69 Å². The molecule has 0 spiro atoms. The van der Waals surface area contributed by atoms with Crippen LogP contribution >= 0.6 is 0 Å². The molecular weight excluding hydrogens is 288 g/mol. The number of amides is 1. The number of hydrogen-bond acceptors (Lipinski definition) is 3. The van der Waals surface area contributed by atoms with Crippen LogP contribution in [0.2, 0.25) is 0 Å². The van der Waals surface area contributed by atoms with Gasteiger partial charge < -0.3 is 5.32 Å². The average molecular weight is 300 g/mol. The average Bonchev–Trinajstić information content (AvgIpc) is 3.19. The molecule has 1 aliphatic heterocycles. The van der Waals surface area contributed by atoms with Crippen molar-refractivity contribution in [1.82, 2.24) is 9.78 Å². The Labute approximate surface area is 132 Å². The summed E-state index contributed by atoms with van der Waals surface area (Å²) in [5.41, 5.74) is 5.32. The highest BCUT2D eigenvalue weighted by Crippen LogP contribution is 2.30. The lowest BCUT2D eigenvalue weighted by Crippen LogP contribution is -2.03. The van der Waals surface area contributed by atoms with E-state index in [1.54, 1.807) is 18.3 Å². The Kier molecular flexibility index (Phi) is 2.95. The second-order valence-electron chi connectivity index (χ2n) is 5.38. The van der Waals surface area contributed by atoms with Crippen molar-refractivity contribution in [1.29, 1.82) is 5.26 Å². The van der Waals surface area contributed by atoms with E-state index in [9.17, 15) is 4.79 Å². The Morgan fingerprint density at radius 1 is 1.13 bits per heavy atom. The van der Waals surface area contributed by atoms with Crippen LogP contribution < -0.4 is 5.32 Å². The molecule has 1 aromatic heterocycles. The third kappa shape index (κ3) is 2.27. The first-order valence-corrected chi connectivity index (χ1v) is 7.22. The first-order chi connectivity index (χ1) is 11.2. The van der Waals surface area contributed by atoms with Gasteiger partial charge in [-0.15, -0.1) is 0 Å². The van der Waals surface area contributed by atoms with Gasteiger partial charge in [-0.05, 0) is 48.0 Å². The maximum Gasteiger partial charge on any atom is 0.228 e. The molecule has 0 aliphatic carbocycles. The van der Waals surface area contributed by atoms with E-state index in [-0.39, 0.29) is 5.91 Å². The molecule has 0 fully saturated rings. The van der Waals surface area contributed by atoms with E-state index >= 15 is 0 Å². The Balaban J connectivity index is 1.77. The van der Waals surface area contributed by atoms with E-state index < -0.39 is 0 Å². The maximum atomic E-state index is 11.5. The van der Waals surface area contributed by atoms with E-state index in [1.807, 2.05) is 41.1 Å². The second kappa shape index (κ2) is 5.11. The topological polar surface area (TPSA) is 70.7 Å². The fraction of sp³-hybridized carbons (Fsp3) is 0.0556. The lowest BCUT2D eigenvalue weighted by atomic mass is 10.1. The fourth-order valence-electron chi connectivity index (χ4n) is 2.79. The van der Waals surface area contributed by atoms with Crippen LogP contribution in [0.5, 0.6) is 0 Å². The van der Waals surface area contributed by atoms with Crippen LogP contribution in [-0.2, 0) is 11.2 Å². The van der Waals surface area contributed by atoms with Gasteiger partial charge in [-0.2, -0.15) is 10.4 Å². The Morgan fingerprint density at radius 3 is 2.74 bits per heavy atom. The number of rotatable bonds is 2. The molecule has 3 aromatic rings. The summed E-state index contributed by atoms with van der Waals surface area (Å²) < 4.78 is 1.83. The molecule has 0 unspecified atom stereocenters. The molecule has 5 heteroatoms. The normalized spacial score (nSPS) is 12.6. The number of nitriles is 1. The van der Waals surface area contributed by atoms with Gasteiger partial charge in [-0.1, -0.05) is 6.07 Å². The van der Waals surface area contributed by atoms with Crippen molar-refractivity contribution in [2.75, 3.05) is 5.32 Å². The molecule has 1 N–H and O–H groups in total.